The van der Waals surface area contributed by atoms with Crippen molar-refractivity contribution in [3.63, 3.8) is 0 Å². The molecule has 0 bridgehead atoms. The van der Waals surface area contributed by atoms with Crippen LogP contribution < -0.4 is 4.72 Å². The van der Waals surface area contributed by atoms with Crippen LogP contribution in [0.4, 0.5) is 0 Å². The number of aromatic nitrogens is 3. The molecular formula is C12H15ClN4O2S. The van der Waals surface area contributed by atoms with Gasteiger partial charge in [-0.25, -0.2) is 18.1 Å². The van der Waals surface area contributed by atoms with Gasteiger partial charge in [-0.05, 0) is 18.9 Å². The largest absolute Gasteiger partial charge is 0.337 e. The van der Waals surface area contributed by atoms with Crippen molar-refractivity contribution in [3.8, 4) is 0 Å². The van der Waals surface area contributed by atoms with E-state index in [2.05, 4.69) is 14.7 Å². The maximum atomic E-state index is 12.0. The highest BCUT2D eigenvalue weighted by Gasteiger charge is 2.16. The molecule has 0 radical (unpaired) electrons. The molecule has 0 aromatic carbocycles. The molecular weight excluding hydrogens is 300 g/mol. The molecule has 108 valence electrons. The summed E-state index contributed by atoms with van der Waals surface area (Å²) in [7, 11) is -3.59. The van der Waals surface area contributed by atoms with E-state index in [-0.39, 0.29) is 9.92 Å². The fourth-order valence-corrected chi connectivity index (χ4v) is 3.19. The SMILES string of the molecule is O=S(=O)(NCCCCn1ccnc1)c1cnccc1Cl. The van der Waals surface area contributed by atoms with Crippen LogP contribution in [0.1, 0.15) is 12.8 Å². The first-order valence-corrected chi connectivity index (χ1v) is 8.00. The molecule has 2 aromatic heterocycles. The molecule has 0 aliphatic rings. The Hall–Kier alpha value is -1.44. The first-order valence-electron chi connectivity index (χ1n) is 6.14. The number of hydrogen-bond acceptors (Lipinski definition) is 4. The number of halogens is 1. The Labute approximate surface area is 122 Å². The van der Waals surface area contributed by atoms with Gasteiger partial charge < -0.3 is 4.57 Å². The second-order valence-corrected chi connectivity index (χ2v) is 6.35. The number of unbranched alkanes of at least 4 members (excludes halogenated alkanes) is 1. The molecule has 0 saturated heterocycles. The first kappa shape index (κ1) is 15.0. The fraction of sp³-hybridized carbons (Fsp3) is 0.333. The molecule has 1 N–H and O–H groups in total. The van der Waals surface area contributed by atoms with E-state index in [1.54, 1.807) is 12.5 Å². The fourth-order valence-electron chi connectivity index (χ4n) is 1.68. The molecule has 0 saturated carbocycles. The van der Waals surface area contributed by atoms with Crippen LogP contribution in [0, 0.1) is 0 Å². The topological polar surface area (TPSA) is 76.9 Å². The van der Waals surface area contributed by atoms with Gasteiger partial charge in [0.05, 0.1) is 11.3 Å². The van der Waals surface area contributed by atoms with Crippen molar-refractivity contribution in [2.45, 2.75) is 24.3 Å². The van der Waals surface area contributed by atoms with Crippen molar-refractivity contribution < 1.29 is 8.42 Å². The first-order chi connectivity index (χ1) is 9.59. The van der Waals surface area contributed by atoms with E-state index in [1.165, 1.54) is 18.5 Å². The van der Waals surface area contributed by atoms with E-state index in [9.17, 15) is 8.42 Å². The van der Waals surface area contributed by atoms with Gasteiger partial charge in [-0.1, -0.05) is 11.6 Å². The summed E-state index contributed by atoms with van der Waals surface area (Å²) in [6.45, 7) is 1.18. The lowest BCUT2D eigenvalue weighted by Gasteiger charge is -2.07. The minimum Gasteiger partial charge on any atom is -0.337 e. The Morgan fingerprint density at radius 3 is 2.80 bits per heavy atom. The lowest BCUT2D eigenvalue weighted by Crippen LogP contribution is -2.25. The van der Waals surface area contributed by atoms with Crippen molar-refractivity contribution >= 4 is 21.6 Å². The number of hydrogen-bond donors (Lipinski definition) is 1. The number of nitrogens with zero attached hydrogens (tertiary/aromatic N) is 3. The lowest BCUT2D eigenvalue weighted by molar-refractivity contribution is 0.566. The molecule has 20 heavy (non-hydrogen) atoms. The predicted molar refractivity (Wildman–Crippen MR) is 75.9 cm³/mol. The van der Waals surface area contributed by atoms with E-state index in [1.807, 2.05) is 10.8 Å². The molecule has 0 aliphatic heterocycles. The number of aryl methyl sites for hydroxylation is 1. The van der Waals surface area contributed by atoms with Gasteiger partial charge in [0.25, 0.3) is 0 Å². The number of rotatable bonds is 7. The van der Waals surface area contributed by atoms with Gasteiger partial charge >= 0.3 is 0 Å². The molecule has 0 aliphatic carbocycles. The molecule has 2 aromatic rings. The summed E-state index contributed by atoms with van der Waals surface area (Å²) < 4.78 is 28.5. The Morgan fingerprint density at radius 2 is 2.10 bits per heavy atom. The Bertz CT molecular complexity index is 643. The number of sulfonamides is 1. The molecule has 2 heterocycles. The number of pyridine rings is 1. The van der Waals surface area contributed by atoms with E-state index in [0.717, 1.165) is 19.4 Å². The second-order valence-electron chi connectivity index (χ2n) is 4.21. The zero-order valence-electron chi connectivity index (χ0n) is 10.7. The average molecular weight is 315 g/mol. The summed E-state index contributed by atoms with van der Waals surface area (Å²) in [6.07, 6.45) is 9.61. The monoisotopic (exact) mass is 314 g/mol. The zero-order chi connectivity index (χ0) is 14.4. The summed E-state index contributed by atoms with van der Waals surface area (Å²) in [5.74, 6) is 0. The molecule has 0 atom stereocenters. The highest BCUT2D eigenvalue weighted by Crippen LogP contribution is 2.18. The number of nitrogens with one attached hydrogen (secondary N) is 1. The van der Waals surface area contributed by atoms with Crippen LogP contribution in [0.2, 0.25) is 5.02 Å². The van der Waals surface area contributed by atoms with Crippen LogP contribution in [0.25, 0.3) is 0 Å². The third-order valence-corrected chi connectivity index (χ3v) is 4.65. The quantitative estimate of drug-likeness (QED) is 0.789. The Morgan fingerprint density at radius 1 is 1.25 bits per heavy atom. The summed E-state index contributed by atoms with van der Waals surface area (Å²) in [5, 5.41) is 0.172. The van der Waals surface area contributed by atoms with Crippen LogP contribution >= 0.6 is 11.6 Å². The van der Waals surface area contributed by atoms with Crippen LogP contribution in [0.15, 0.2) is 42.1 Å². The molecule has 0 spiro atoms. The summed E-state index contributed by atoms with van der Waals surface area (Å²) in [6, 6.07) is 1.45. The lowest BCUT2D eigenvalue weighted by atomic mass is 10.3. The predicted octanol–water partition coefficient (Wildman–Crippen LogP) is 1.69. The van der Waals surface area contributed by atoms with Gasteiger partial charge in [0.15, 0.2) is 0 Å². The summed E-state index contributed by atoms with van der Waals surface area (Å²) >= 11 is 5.85. The van der Waals surface area contributed by atoms with E-state index in [0.29, 0.717) is 6.54 Å². The minimum absolute atomic E-state index is 0.0104. The van der Waals surface area contributed by atoms with Crippen LogP contribution in [0.5, 0.6) is 0 Å². The van der Waals surface area contributed by atoms with Crippen molar-refractivity contribution in [2.75, 3.05) is 6.54 Å². The standard InChI is InChI=1S/C12H15ClN4O2S/c13-11-3-5-14-9-12(11)20(18,19)16-4-1-2-7-17-8-6-15-10-17/h3,5-6,8-10,16H,1-2,4,7H2. The number of imidazole rings is 1. The van der Waals surface area contributed by atoms with Crippen molar-refractivity contribution in [2.24, 2.45) is 0 Å². The van der Waals surface area contributed by atoms with Crippen molar-refractivity contribution in [1.82, 2.24) is 19.3 Å². The van der Waals surface area contributed by atoms with Crippen LogP contribution in [0.3, 0.4) is 0 Å². The van der Waals surface area contributed by atoms with E-state index >= 15 is 0 Å². The Balaban J connectivity index is 1.80. The highest BCUT2D eigenvalue weighted by molar-refractivity contribution is 7.89. The van der Waals surface area contributed by atoms with Gasteiger partial charge in [-0.3, -0.25) is 4.98 Å². The van der Waals surface area contributed by atoms with Gasteiger partial charge in [-0.2, -0.15) is 0 Å². The van der Waals surface area contributed by atoms with Gasteiger partial charge in [0.1, 0.15) is 4.90 Å². The molecule has 8 heteroatoms. The van der Waals surface area contributed by atoms with Gasteiger partial charge in [0, 0.05) is 37.9 Å². The maximum absolute atomic E-state index is 12.0. The van der Waals surface area contributed by atoms with Crippen LogP contribution in [-0.2, 0) is 16.6 Å². The highest BCUT2D eigenvalue weighted by atomic mass is 35.5. The normalized spacial score (nSPS) is 11.7. The third kappa shape index (κ3) is 4.03. The summed E-state index contributed by atoms with van der Waals surface area (Å²) in [4.78, 5) is 7.73. The Kier molecular flexibility index (Phi) is 5.11. The second kappa shape index (κ2) is 6.83. The van der Waals surface area contributed by atoms with Gasteiger partial charge in [0.2, 0.25) is 10.0 Å². The van der Waals surface area contributed by atoms with Crippen molar-refractivity contribution in [1.29, 1.82) is 0 Å². The smallest absolute Gasteiger partial charge is 0.243 e. The zero-order valence-corrected chi connectivity index (χ0v) is 12.3. The van der Waals surface area contributed by atoms with E-state index < -0.39 is 10.0 Å². The molecule has 2 rings (SSSR count). The minimum atomic E-state index is -3.59. The van der Waals surface area contributed by atoms with E-state index in [4.69, 9.17) is 11.6 Å². The maximum Gasteiger partial charge on any atom is 0.243 e. The molecule has 0 unspecified atom stereocenters. The molecule has 6 nitrogen and oxygen atoms in total. The van der Waals surface area contributed by atoms with Crippen LogP contribution in [-0.4, -0.2) is 29.5 Å². The summed E-state index contributed by atoms with van der Waals surface area (Å²) in [5.41, 5.74) is 0. The molecule has 0 fully saturated rings. The molecule has 0 amide bonds. The third-order valence-electron chi connectivity index (χ3n) is 2.72. The van der Waals surface area contributed by atoms with Crippen molar-refractivity contribution in [3.05, 3.63) is 42.2 Å². The average Bonchev–Trinajstić information content (AvgIpc) is 2.91. The van der Waals surface area contributed by atoms with Gasteiger partial charge in [-0.15, -0.1) is 0 Å².